The summed E-state index contributed by atoms with van der Waals surface area (Å²) in [6.07, 6.45) is 5.01. The number of nitrogens with zero attached hydrogens (tertiary/aromatic N) is 3. The summed E-state index contributed by atoms with van der Waals surface area (Å²) in [5.74, 6) is 0.940. The van der Waals surface area contributed by atoms with E-state index in [0.29, 0.717) is 6.54 Å². The number of hydrogen-bond donors (Lipinski definition) is 1. The first-order valence-corrected chi connectivity index (χ1v) is 9.39. The van der Waals surface area contributed by atoms with Crippen molar-refractivity contribution in [3.63, 3.8) is 0 Å². The van der Waals surface area contributed by atoms with E-state index in [1.165, 1.54) is 29.5 Å². The Morgan fingerprint density at radius 3 is 2.77 bits per heavy atom. The Hall–Kier alpha value is -2.82. The van der Waals surface area contributed by atoms with Crippen LogP contribution in [0.4, 0.5) is 5.82 Å². The fraction of sp³-hybridized carbons (Fsp3) is 0.333. The van der Waals surface area contributed by atoms with Crippen LogP contribution in [0.1, 0.15) is 34.5 Å². The maximum Gasteiger partial charge on any atom is 0.257 e. The van der Waals surface area contributed by atoms with E-state index in [0.717, 1.165) is 43.0 Å². The molecule has 1 amide bonds. The van der Waals surface area contributed by atoms with Gasteiger partial charge in [-0.05, 0) is 31.0 Å². The predicted octanol–water partition coefficient (Wildman–Crippen LogP) is 3.36. The van der Waals surface area contributed by atoms with Gasteiger partial charge in [0.15, 0.2) is 0 Å². The molecule has 2 aliphatic rings. The number of aromatic amines is 1. The predicted molar refractivity (Wildman–Crippen MR) is 102 cm³/mol. The van der Waals surface area contributed by atoms with E-state index in [-0.39, 0.29) is 5.91 Å². The molecule has 3 aromatic rings. The Morgan fingerprint density at radius 2 is 1.88 bits per heavy atom. The van der Waals surface area contributed by atoms with E-state index >= 15 is 0 Å². The quantitative estimate of drug-likeness (QED) is 0.774. The summed E-state index contributed by atoms with van der Waals surface area (Å²) in [6.45, 7) is 3.38. The van der Waals surface area contributed by atoms with Gasteiger partial charge < -0.3 is 14.8 Å². The number of para-hydroxylation sites is 1. The standard InChI is InChI=1S/C21H22N4O/c26-21(16-7-5-10-22-20(16)24-11-3-4-12-24)25-13-9-19-17(14-25)15-6-1-2-8-18(15)23-19/h1-2,5-8,10,23H,3-4,9,11-14H2. The SMILES string of the molecule is O=C(c1cccnc1N1CCCC1)N1CCc2[nH]c3ccccc3c2C1. The van der Waals surface area contributed by atoms with E-state index in [1.807, 2.05) is 23.1 Å². The van der Waals surface area contributed by atoms with E-state index < -0.39 is 0 Å². The van der Waals surface area contributed by atoms with Gasteiger partial charge in [0.1, 0.15) is 5.82 Å². The van der Waals surface area contributed by atoms with E-state index in [2.05, 4.69) is 33.1 Å². The second kappa shape index (κ2) is 6.16. The highest BCUT2D eigenvalue weighted by atomic mass is 16.2. The molecular weight excluding hydrogens is 324 g/mol. The number of aromatic nitrogens is 2. The molecule has 1 fully saturated rings. The van der Waals surface area contributed by atoms with Crippen LogP contribution in [0, 0.1) is 0 Å². The molecule has 132 valence electrons. The lowest BCUT2D eigenvalue weighted by Crippen LogP contribution is -2.37. The summed E-state index contributed by atoms with van der Waals surface area (Å²) in [5.41, 5.74) is 4.41. The number of hydrogen-bond acceptors (Lipinski definition) is 3. The summed E-state index contributed by atoms with van der Waals surface area (Å²) in [5, 5.41) is 1.23. The summed E-state index contributed by atoms with van der Waals surface area (Å²) in [6, 6.07) is 12.1. The minimum absolute atomic E-state index is 0.0935. The van der Waals surface area contributed by atoms with Crippen molar-refractivity contribution in [1.82, 2.24) is 14.9 Å². The zero-order chi connectivity index (χ0) is 17.5. The summed E-state index contributed by atoms with van der Waals surface area (Å²) < 4.78 is 0. The Kier molecular flexibility index (Phi) is 3.66. The van der Waals surface area contributed by atoms with Crippen molar-refractivity contribution in [3.05, 3.63) is 59.4 Å². The fourth-order valence-electron chi connectivity index (χ4n) is 4.26. The van der Waals surface area contributed by atoms with Gasteiger partial charge in [0, 0.05) is 61.0 Å². The molecule has 26 heavy (non-hydrogen) atoms. The van der Waals surface area contributed by atoms with Crippen molar-refractivity contribution in [2.45, 2.75) is 25.8 Å². The molecule has 0 radical (unpaired) electrons. The molecule has 0 aliphatic carbocycles. The minimum atomic E-state index is 0.0935. The van der Waals surface area contributed by atoms with E-state index in [4.69, 9.17) is 0 Å². The molecule has 0 bridgehead atoms. The summed E-state index contributed by atoms with van der Waals surface area (Å²) in [4.78, 5) is 25.6. The lowest BCUT2D eigenvalue weighted by atomic mass is 10.0. The lowest BCUT2D eigenvalue weighted by molar-refractivity contribution is 0.0735. The highest BCUT2D eigenvalue weighted by Gasteiger charge is 2.28. The molecule has 5 nitrogen and oxygen atoms in total. The number of benzene rings is 1. The van der Waals surface area contributed by atoms with Crippen molar-refractivity contribution in [2.75, 3.05) is 24.5 Å². The van der Waals surface area contributed by atoms with Crippen LogP contribution >= 0.6 is 0 Å². The minimum Gasteiger partial charge on any atom is -0.358 e. The number of nitrogens with one attached hydrogen (secondary N) is 1. The Bertz CT molecular complexity index is 971. The lowest BCUT2D eigenvalue weighted by Gasteiger charge is -2.29. The monoisotopic (exact) mass is 346 g/mol. The van der Waals surface area contributed by atoms with Crippen LogP contribution in [0.2, 0.25) is 0 Å². The largest absolute Gasteiger partial charge is 0.358 e. The number of pyridine rings is 1. The number of H-pyrrole nitrogens is 1. The Morgan fingerprint density at radius 1 is 1.04 bits per heavy atom. The molecule has 1 saturated heterocycles. The first-order valence-electron chi connectivity index (χ1n) is 9.39. The van der Waals surface area contributed by atoms with Crippen LogP contribution in [0.3, 0.4) is 0 Å². The number of rotatable bonds is 2. The number of fused-ring (bicyclic) bond motifs is 3. The van der Waals surface area contributed by atoms with Crippen molar-refractivity contribution in [1.29, 1.82) is 0 Å². The third-order valence-corrected chi connectivity index (χ3v) is 5.59. The zero-order valence-electron chi connectivity index (χ0n) is 14.7. The highest BCUT2D eigenvalue weighted by Crippen LogP contribution is 2.30. The highest BCUT2D eigenvalue weighted by molar-refractivity contribution is 5.99. The molecule has 0 atom stereocenters. The molecule has 0 saturated carbocycles. The first kappa shape index (κ1) is 15.4. The molecule has 5 heteroatoms. The molecule has 1 N–H and O–H groups in total. The second-order valence-electron chi connectivity index (χ2n) is 7.17. The molecule has 2 aromatic heterocycles. The fourth-order valence-corrected chi connectivity index (χ4v) is 4.26. The molecule has 2 aliphatic heterocycles. The van der Waals surface area contributed by atoms with E-state index in [1.54, 1.807) is 6.20 Å². The van der Waals surface area contributed by atoms with Crippen molar-refractivity contribution < 1.29 is 4.79 Å². The van der Waals surface area contributed by atoms with Crippen LogP contribution in [-0.4, -0.2) is 40.4 Å². The molecule has 5 rings (SSSR count). The van der Waals surface area contributed by atoms with Crippen molar-refractivity contribution >= 4 is 22.6 Å². The number of amides is 1. The van der Waals surface area contributed by atoms with Crippen LogP contribution in [-0.2, 0) is 13.0 Å². The molecule has 0 spiro atoms. The number of anilines is 1. The van der Waals surface area contributed by atoms with Gasteiger partial charge in [-0.2, -0.15) is 0 Å². The van der Waals surface area contributed by atoms with Gasteiger partial charge >= 0.3 is 0 Å². The smallest absolute Gasteiger partial charge is 0.257 e. The third-order valence-electron chi connectivity index (χ3n) is 5.59. The zero-order valence-corrected chi connectivity index (χ0v) is 14.7. The van der Waals surface area contributed by atoms with Crippen molar-refractivity contribution in [3.8, 4) is 0 Å². The number of carbonyl (C=O) groups is 1. The van der Waals surface area contributed by atoms with Gasteiger partial charge in [-0.15, -0.1) is 0 Å². The maximum absolute atomic E-state index is 13.3. The Balaban J connectivity index is 1.47. The normalized spacial score (nSPS) is 16.9. The van der Waals surface area contributed by atoms with Crippen molar-refractivity contribution in [2.24, 2.45) is 0 Å². The van der Waals surface area contributed by atoms with Crippen LogP contribution in [0.25, 0.3) is 10.9 Å². The molecule has 1 aromatic carbocycles. The van der Waals surface area contributed by atoms with Gasteiger partial charge in [-0.1, -0.05) is 18.2 Å². The average molecular weight is 346 g/mol. The molecule has 0 unspecified atom stereocenters. The average Bonchev–Trinajstić information content (AvgIpc) is 3.35. The Labute approximate surface area is 152 Å². The van der Waals surface area contributed by atoms with Crippen LogP contribution in [0.15, 0.2) is 42.6 Å². The first-order chi connectivity index (χ1) is 12.8. The van der Waals surface area contributed by atoms with Crippen LogP contribution in [0.5, 0.6) is 0 Å². The van der Waals surface area contributed by atoms with Gasteiger partial charge in [0.05, 0.1) is 5.56 Å². The van der Waals surface area contributed by atoms with Crippen LogP contribution < -0.4 is 4.90 Å². The third kappa shape index (κ3) is 2.46. The molecule has 4 heterocycles. The topological polar surface area (TPSA) is 52.2 Å². The van der Waals surface area contributed by atoms with Gasteiger partial charge in [-0.3, -0.25) is 4.79 Å². The van der Waals surface area contributed by atoms with Gasteiger partial charge in [0.25, 0.3) is 5.91 Å². The molecular formula is C21H22N4O. The van der Waals surface area contributed by atoms with Gasteiger partial charge in [-0.25, -0.2) is 4.98 Å². The summed E-state index contributed by atoms with van der Waals surface area (Å²) >= 11 is 0. The maximum atomic E-state index is 13.3. The second-order valence-corrected chi connectivity index (χ2v) is 7.17. The summed E-state index contributed by atoms with van der Waals surface area (Å²) in [7, 11) is 0. The number of carbonyl (C=O) groups excluding carboxylic acids is 1. The van der Waals surface area contributed by atoms with Gasteiger partial charge in [0.2, 0.25) is 0 Å². The van der Waals surface area contributed by atoms with E-state index in [9.17, 15) is 4.79 Å².